The number of phenols is 2. The highest BCUT2D eigenvalue weighted by atomic mass is 16.3. The lowest BCUT2D eigenvalue weighted by Gasteiger charge is -2.16. The molecule has 0 heterocycles. The van der Waals surface area contributed by atoms with Crippen molar-refractivity contribution in [2.24, 2.45) is 0 Å². The van der Waals surface area contributed by atoms with E-state index in [9.17, 15) is 15.5 Å². The van der Waals surface area contributed by atoms with Crippen molar-refractivity contribution < 1.29 is 10.2 Å². The quantitative estimate of drug-likeness (QED) is 0.630. The molecule has 0 bridgehead atoms. The van der Waals surface area contributed by atoms with E-state index in [1.807, 2.05) is 42.5 Å². The molecular formula is C23H19NO2. The first-order chi connectivity index (χ1) is 12.6. The van der Waals surface area contributed by atoms with Crippen LogP contribution in [0, 0.1) is 11.3 Å². The third-order valence-corrected chi connectivity index (χ3v) is 4.31. The summed E-state index contributed by atoms with van der Waals surface area (Å²) < 4.78 is 0. The van der Waals surface area contributed by atoms with E-state index in [4.69, 9.17) is 0 Å². The molecule has 3 heteroatoms. The number of rotatable bonds is 4. The van der Waals surface area contributed by atoms with Gasteiger partial charge in [0.2, 0.25) is 0 Å². The van der Waals surface area contributed by atoms with Gasteiger partial charge in [0, 0.05) is 0 Å². The largest absolute Gasteiger partial charge is 0.508 e. The Bertz CT molecular complexity index is 930. The molecule has 0 amide bonds. The minimum absolute atomic E-state index is 0.211. The number of nitrogens with zero attached hydrogens (tertiary/aromatic N) is 1. The number of hydrogen-bond acceptors (Lipinski definition) is 3. The zero-order valence-corrected chi connectivity index (χ0v) is 14.5. The van der Waals surface area contributed by atoms with Gasteiger partial charge < -0.3 is 10.2 Å². The van der Waals surface area contributed by atoms with Gasteiger partial charge in [-0.1, -0.05) is 43.3 Å². The summed E-state index contributed by atoms with van der Waals surface area (Å²) in [6, 6.07) is 23.9. The summed E-state index contributed by atoms with van der Waals surface area (Å²) in [4.78, 5) is 0. The summed E-state index contributed by atoms with van der Waals surface area (Å²) in [7, 11) is 0. The standard InChI is InChI=1S/C23H19NO2/c1-2-22(19-5-3-4-16(14-19)15-24)23(17-6-10-20(25)11-7-17)18-8-12-21(26)13-9-18/h3-14,25-26H,2H2,1H3. The monoisotopic (exact) mass is 341 g/mol. The second-order valence-electron chi connectivity index (χ2n) is 5.99. The number of allylic oxidation sites excluding steroid dienone is 1. The molecule has 0 aliphatic carbocycles. The Morgan fingerprint density at radius 2 is 1.35 bits per heavy atom. The van der Waals surface area contributed by atoms with Crippen LogP contribution in [0.15, 0.2) is 72.8 Å². The summed E-state index contributed by atoms with van der Waals surface area (Å²) >= 11 is 0. The number of phenolic OH excluding ortho intramolecular Hbond substituents is 2. The van der Waals surface area contributed by atoms with Gasteiger partial charge >= 0.3 is 0 Å². The highest BCUT2D eigenvalue weighted by Gasteiger charge is 2.13. The molecule has 0 atom stereocenters. The molecule has 0 saturated heterocycles. The van der Waals surface area contributed by atoms with Crippen LogP contribution in [0.1, 0.15) is 35.6 Å². The molecule has 3 aromatic carbocycles. The summed E-state index contributed by atoms with van der Waals surface area (Å²) in [5.41, 5.74) is 5.65. The van der Waals surface area contributed by atoms with Gasteiger partial charge in [0.05, 0.1) is 11.6 Å². The predicted octanol–water partition coefficient (Wildman–Crippen LogP) is 5.34. The Labute approximate surface area is 153 Å². The van der Waals surface area contributed by atoms with E-state index in [1.165, 1.54) is 0 Å². The third kappa shape index (κ3) is 3.60. The topological polar surface area (TPSA) is 64.2 Å². The maximum absolute atomic E-state index is 9.64. The van der Waals surface area contributed by atoms with Crippen LogP contribution >= 0.6 is 0 Å². The summed E-state index contributed by atoms with van der Waals surface area (Å²) in [6.45, 7) is 2.08. The lowest BCUT2D eigenvalue weighted by molar-refractivity contribution is 0.475. The lowest BCUT2D eigenvalue weighted by Crippen LogP contribution is -1.95. The van der Waals surface area contributed by atoms with E-state index in [1.54, 1.807) is 30.3 Å². The Hall–Kier alpha value is -3.51. The van der Waals surface area contributed by atoms with Gasteiger partial charge in [-0.3, -0.25) is 0 Å². The Kier molecular flexibility index (Phi) is 5.05. The Balaban J connectivity index is 2.28. The highest BCUT2D eigenvalue weighted by Crippen LogP contribution is 2.35. The molecule has 2 N–H and O–H groups in total. The van der Waals surface area contributed by atoms with Crippen LogP contribution in [0.5, 0.6) is 11.5 Å². The fraction of sp³-hybridized carbons (Fsp3) is 0.0870. The first-order valence-electron chi connectivity index (χ1n) is 8.45. The van der Waals surface area contributed by atoms with E-state index < -0.39 is 0 Å². The first kappa shape index (κ1) is 17.3. The minimum atomic E-state index is 0.211. The molecule has 3 rings (SSSR count). The maximum atomic E-state index is 9.64. The van der Waals surface area contributed by atoms with Crippen LogP contribution in [-0.2, 0) is 0 Å². The summed E-state index contributed by atoms with van der Waals surface area (Å²) in [6.07, 6.45) is 0.770. The SMILES string of the molecule is CCC(=C(c1ccc(O)cc1)c1ccc(O)cc1)c1cccc(C#N)c1. The van der Waals surface area contributed by atoms with Crippen molar-refractivity contribution in [2.45, 2.75) is 13.3 Å². The third-order valence-electron chi connectivity index (χ3n) is 4.31. The van der Waals surface area contributed by atoms with Gasteiger partial charge in [-0.05, 0) is 70.7 Å². The van der Waals surface area contributed by atoms with Crippen LogP contribution in [0.3, 0.4) is 0 Å². The number of hydrogen-bond donors (Lipinski definition) is 2. The number of nitriles is 1. The lowest BCUT2D eigenvalue weighted by atomic mass is 9.88. The zero-order valence-electron chi connectivity index (χ0n) is 14.5. The van der Waals surface area contributed by atoms with Crippen molar-refractivity contribution >= 4 is 11.1 Å². The smallest absolute Gasteiger partial charge is 0.115 e. The van der Waals surface area contributed by atoms with E-state index in [-0.39, 0.29) is 11.5 Å². The van der Waals surface area contributed by atoms with Gasteiger partial charge in [-0.25, -0.2) is 0 Å². The van der Waals surface area contributed by atoms with Crippen LogP contribution in [-0.4, -0.2) is 10.2 Å². The van der Waals surface area contributed by atoms with Crippen LogP contribution in [0.2, 0.25) is 0 Å². The maximum Gasteiger partial charge on any atom is 0.115 e. The average Bonchev–Trinajstić information content (AvgIpc) is 2.68. The van der Waals surface area contributed by atoms with Gasteiger partial charge in [0.1, 0.15) is 11.5 Å². The molecule has 0 saturated carbocycles. The molecule has 0 aliphatic rings. The second kappa shape index (κ2) is 7.58. The van der Waals surface area contributed by atoms with Crippen molar-refractivity contribution in [3.63, 3.8) is 0 Å². The van der Waals surface area contributed by atoms with Crippen molar-refractivity contribution in [2.75, 3.05) is 0 Å². The zero-order chi connectivity index (χ0) is 18.5. The van der Waals surface area contributed by atoms with Gasteiger partial charge in [0.25, 0.3) is 0 Å². The summed E-state index contributed by atoms with van der Waals surface area (Å²) in [5.74, 6) is 0.423. The van der Waals surface area contributed by atoms with Crippen molar-refractivity contribution in [3.8, 4) is 17.6 Å². The molecule has 3 aromatic rings. The minimum Gasteiger partial charge on any atom is -0.508 e. The van der Waals surface area contributed by atoms with Crippen LogP contribution in [0.25, 0.3) is 11.1 Å². The van der Waals surface area contributed by atoms with Gasteiger partial charge in [0.15, 0.2) is 0 Å². The number of aromatic hydroxyl groups is 2. The molecule has 3 nitrogen and oxygen atoms in total. The van der Waals surface area contributed by atoms with Crippen molar-refractivity contribution in [1.29, 1.82) is 5.26 Å². The predicted molar refractivity (Wildman–Crippen MR) is 104 cm³/mol. The van der Waals surface area contributed by atoms with Gasteiger partial charge in [-0.15, -0.1) is 0 Å². The van der Waals surface area contributed by atoms with Gasteiger partial charge in [-0.2, -0.15) is 5.26 Å². The molecule has 0 radical (unpaired) electrons. The normalized spacial score (nSPS) is 10.2. The van der Waals surface area contributed by atoms with E-state index in [0.29, 0.717) is 5.56 Å². The van der Waals surface area contributed by atoms with Crippen molar-refractivity contribution in [3.05, 3.63) is 95.1 Å². The van der Waals surface area contributed by atoms with E-state index in [2.05, 4.69) is 13.0 Å². The fourth-order valence-corrected chi connectivity index (χ4v) is 3.07. The molecule has 0 spiro atoms. The van der Waals surface area contributed by atoms with Crippen molar-refractivity contribution in [1.82, 2.24) is 0 Å². The van der Waals surface area contributed by atoms with E-state index >= 15 is 0 Å². The highest BCUT2D eigenvalue weighted by molar-refractivity contribution is 5.98. The molecule has 0 unspecified atom stereocenters. The van der Waals surface area contributed by atoms with Crippen LogP contribution in [0.4, 0.5) is 0 Å². The molecule has 0 fully saturated rings. The van der Waals surface area contributed by atoms with E-state index in [0.717, 1.165) is 34.3 Å². The van der Waals surface area contributed by atoms with Crippen LogP contribution < -0.4 is 0 Å². The Morgan fingerprint density at radius 3 is 1.81 bits per heavy atom. The second-order valence-corrected chi connectivity index (χ2v) is 5.99. The molecule has 128 valence electrons. The Morgan fingerprint density at radius 1 is 0.808 bits per heavy atom. The fourth-order valence-electron chi connectivity index (χ4n) is 3.07. The molecule has 0 aromatic heterocycles. The molecule has 26 heavy (non-hydrogen) atoms. The molecule has 0 aliphatic heterocycles. The number of benzene rings is 3. The first-order valence-corrected chi connectivity index (χ1v) is 8.45. The average molecular weight is 341 g/mol. The summed E-state index contributed by atoms with van der Waals surface area (Å²) in [5, 5.41) is 28.5. The molecular weight excluding hydrogens is 322 g/mol.